The number of nitrogens with zero attached hydrogens (tertiary/aromatic N) is 1. The summed E-state index contributed by atoms with van der Waals surface area (Å²) in [6.45, 7) is 5.75. The Kier molecular flexibility index (Phi) is 4.04. The maximum atomic E-state index is 5.91. The molecule has 0 amide bonds. The fraction of sp³-hybridized carbons (Fsp3) is 0.389. The molecule has 1 aliphatic heterocycles. The molecule has 0 bridgehead atoms. The monoisotopic (exact) mass is 282 g/mol. The second-order valence-electron chi connectivity index (χ2n) is 5.68. The minimum absolute atomic E-state index is 0.155. The van der Waals surface area contributed by atoms with Crippen LogP contribution in [0, 0.1) is 13.8 Å². The Bertz CT molecular complexity index is 631. The Morgan fingerprint density at radius 3 is 2.71 bits per heavy atom. The predicted molar refractivity (Wildman–Crippen MR) is 85.5 cm³/mol. The van der Waals surface area contributed by atoms with Crippen LogP contribution >= 0.6 is 0 Å². The minimum atomic E-state index is 0.155. The van der Waals surface area contributed by atoms with E-state index in [9.17, 15) is 0 Å². The summed E-state index contributed by atoms with van der Waals surface area (Å²) >= 11 is 0. The lowest BCUT2D eigenvalue weighted by molar-refractivity contribution is 0.0440. The molecule has 3 heteroatoms. The van der Waals surface area contributed by atoms with Crippen LogP contribution in [0.25, 0.3) is 11.1 Å². The highest BCUT2D eigenvalue weighted by atomic mass is 16.5. The van der Waals surface area contributed by atoms with Crippen LogP contribution in [0.3, 0.4) is 0 Å². The second kappa shape index (κ2) is 5.96. The first-order valence-corrected chi connectivity index (χ1v) is 7.52. The maximum absolute atomic E-state index is 5.91. The Labute approximate surface area is 126 Å². The third-order valence-electron chi connectivity index (χ3n) is 4.01. The molecule has 3 rings (SSSR count). The van der Waals surface area contributed by atoms with Gasteiger partial charge in [-0.2, -0.15) is 0 Å². The van der Waals surface area contributed by atoms with Gasteiger partial charge in [-0.05, 0) is 61.7 Å². The van der Waals surface area contributed by atoms with E-state index in [2.05, 4.69) is 54.5 Å². The Hall–Kier alpha value is -1.71. The predicted octanol–water partition coefficient (Wildman–Crippen LogP) is 3.20. The van der Waals surface area contributed by atoms with Gasteiger partial charge in [0, 0.05) is 17.9 Å². The molecule has 1 aliphatic rings. The summed E-state index contributed by atoms with van der Waals surface area (Å²) in [7, 11) is 1.97. The zero-order valence-corrected chi connectivity index (χ0v) is 12.9. The van der Waals surface area contributed by atoms with Gasteiger partial charge in [0.1, 0.15) is 0 Å². The first kappa shape index (κ1) is 14.2. The van der Waals surface area contributed by atoms with Crippen molar-refractivity contribution in [1.29, 1.82) is 0 Å². The molecule has 21 heavy (non-hydrogen) atoms. The van der Waals surface area contributed by atoms with E-state index in [1.807, 2.05) is 7.05 Å². The highest BCUT2D eigenvalue weighted by molar-refractivity contribution is 5.70. The van der Waals surface area contributed by atoms with E-state index in [-0.39, 0.29) is 6.10 Å². The van der Waals surface area contributed by atoms with E-state index in [1.165, 1.54) is 22.3 Å². The quantitative estimate of drug-likeness (QED) is 0.938. The first-order chi connectivity index (χ1) is 10.2. The fourth-order valence-electron chi connectivity index (χ4n) is 3.19. The molecule has 1 atom stereocenters. The van der Waals surface area contributed by atoms with Gasteiger partial charge in [0.2, 0.25) is 0 Å². The average Bonchev–Trinajstić information content (AvgIpc) is 2.46. The summed E-state index contributed by atoms with van der Waals surface area (Å²) in [5.74, 6) is 0. The van der Waals surface area contributed by atoms with Gasteiger partial charge in [-0.25, -0.2) is 0 Å². The van der Waals surface area contributed by atoms with E-state index in [0.717, 1.165) is 31.0 Å². The third-order valence-corrected chi connectivity index (χ3v) is 4.01. The number of benzene rings is 1. The van der Waals surface area contributed by atoms with Gasteiger partial charge in [0.25, 0.3) is 0 Å². The normalized spacial score (nSPS) is 17.6. The molecule has 0 unspecified atom stereocenters. The lowest BCUT2D eigenvalue weighted by atomic mass is 9.89. The number of aromatic nitrogens is 1. The van der Waals surface area contributed by atoms with Crippen molar-refractivity contribution in [2.45, 2.75) is 26.4 Å². The van der Waals surface area contributed by atoms with Crippen molar-refractivity contribution in [1.82, 2.24) is 10.3 Å². The molecular formula is C18H22N2O. The number of rotatable bonds is 3. The van der Waals surface area contributed by atoms with Crippen molar-refractivity contribution in [2.75, 3.05) is 20.2 Å². The van der Waals surface area contributed by atoms with E-state index in [4.69, 9.17) is 4.74 Å². The number of fused-ring (bicyclic) bond motifs is 1. The summed E-state index contributed by atoms with van der Waals surface area (Å²) in [5.41, 5.74) is 7.48. The average molecular weight is 282 g/mol. The SMILES string of the molecule is CNC[C@H]1OCCc2c(-c3cc(C)nc(C)c3)cccc21. The van der Waals surface area contributed by atoms with Gasteiger partial charge in [-0.1, -0.05) is 18.2 Å². The Balaban J connectivity index is 2.10. The number of ether oxygens (including phenoxy) is 1. The summed E-state index contributed by atoms with van der Waals surface area (Å²) in [6.07, 6.45) is 1.13. The fourth-order valence-corrected chi connectivity index (χ4v) is 3.19. The summed E-state index contributed by atoms with van der Waals surface area (Å²) in [5, 5.41) is 3.22. The van der Waals surface area contributed by atoms with E-state index in [1.54, 1.807) is 0 Å². The molecular weight excluding hydrogens is 260 g/mol. The van der Waals surface area contributed by atoms with E-state index in [0.29, 0.717) is 0 Å². The Morgan fingerprint density at radius 1 is 1.24 bits per heavy atom. The van der Waals surface area contributed by atoms with Crippen molar-refractivity contribution < 1.29 is 4.74 Å². The third kappa shape index (κ3) is 2.85. The van der Waals surface area contributed by atoms with Crippen molar-refractivity contribution in [2.24, 2.45) is 0 Å². The molecule has 2 heterocycles. The van der Waals surface area contributed by atoms with Crippen molar-refractivity contribution in [3.05, 3.63) is 52.8 Å². The second-order valence-corrected chi connectivity index (χ2v) is 5.68. The molecule has 0 radical (unpaired) electrons. The summed E-state index contributed by atoms with van der Waals surface area (Å²) in [4.78, 5) is 4.48. The van der Waals surface area contributed by atoms with Crippen LogP contribution in [0.2, 0.25) is 0 Å². The molecule has 110 valence electrons. The lowest BCUT2D eigenvalue weighted by Gasteiger charge is -2.28. The van der Waals surface area contributed by atoms with Crippen LogP contribution in [0.5, 0.6) is 0 Å². The van der Waals surface area contributed by atoms with Crippen LogP contribution in [0.15, 0.2) is 30.3 Å². The number of hydrogen-bond acceptors (Lipinski definition) is 3. The molecule has 0 saturated heterocycles. The molecule has 0 aliphatic carbocycles. The molecule has 1 aromatic carbocycles. The van der Waals surface area contributed by atoms with Crippen molar-refractivity contribution >= 4 is 0 Å². The largest absolute Gasteiger partial charge is 0.372 e. The van der Waals surface area contributed by atoms with Crippen LogP contribution < -0.4 is 5.32 Å². The van der Waals surface area contributed by atoms with Gasteiger partial charge in [0.05, 0.1) is 12.7 Å². The molecule has 1 aromatic heterocycles. The van der Waals surface area contributed by atoms with Gasteiger partial charge < -0.3 is 10.1 Å². The Morgan fingerprint density at radius 2 is 2.00 bits per heavy atom. The van der Waals surface area contributed by atoms with Crippen LogP contribution in [0.4, 0.5) is 0 Å². The van der Waals surface area contributed by atoms with Crippen molar-refractivity contribution in [3.63, 3.8) is 0 Å². The first-order valence-electron chi connectivity index (χ1n) is 7.52. The van der Waals surface area contributed by atoms with E-state index < -0.39 is 0 Å². The number of likely N-dealkylation sites (N-methyl/N-ethyl adjacent to an activating group) is 1. The number of nitrogens with one attached hydrogen (secondary N) is 1. The summed E-state index contributed by atoms with van der Waals surface area (Å²) in [6, 6.07) is 10.9. The molecule has 0 saturated carbocycles. The molecule has 0 spiro atoms. The van der Waals surface area contributed by atoms with Gasteiger partial charge in [0.15, 0.2) is 0 Å². The zero-order chi connectivity index (χ0) is 14.8. The topological polar surface area (TPSA) is 34.1 Å². The standard InChI is InChI=1S/C18H22N2O/c1-12-9-14(10-13(2)20-12)15-5-4-6-17-16(15)7-8-21-18(17)11-19-3/h4-6,9-10,18-19H,7-8,11H2,1-3H3/t18-/m1/s1. The van der Waals surface area contributed by atoms with Crippen LogP contribution in [-0.2, 0) is 11.2 Å². The highest BCUT2D eigenvalue weighted by Crippen LogP contribution is 2.34. The van der Waals surface area contributed by atoms with Crippen LogP contribution in [-0.4, -0.2) is 25.2 Å². The number of aryl methyl sites for hydroxylation is 2. The molecule has 0 fully saturated rings. The zero-order valence-electron chi connectivity index (χ0n) is 12.9. The number of hydrogen-bond donors (Lipinski definition) is 1. The van der Waals surface area contributed by atoms with Gasteiger partial charge in [-0.3, -0.25) is 4.98 Å². The van der Waals surface area contributed by atoms with Crippen LogP contribution in [0.1, 0.15) is 28.6 Å². The smallest absolute Gasteiger partial charge is 0.0952 e. The lowest BCUT2D eigenvalue weighted by Crippen LogP contribution is -2.25. The summed E-state index contributed by atoms with van der Waals surface area (Å²) < 4.78 is 5.91. The molecule has 3 nitrogen and oxygen atoms in total. The van der Waals surface area contributed by atoms with Gasteiger partial charge in [-0.15, -0.1) is 0 Å². The highest BCUT2D eigenvalue weighted by Gasteiger charge is 2.22. The van der Waals surface area contributed by atoms with Gasteiger partial charge >= 0.3 is 0 Å². The van der Waals surface area contributed by atoms with Crippen molar-refractivity contribution in [3.8, 4) is 11.1 Å². The van der Waals surface area contributed by atoms with E-state index >= 15 is 0 Å². The molecule has 2 aromatic rings. The number of pyridine rings is 1. The molecule has 1 N–H and O–H groups in total. The maximum Gasteiger partial charge on any atom is 0.0952 e. The minimum Gasteiger partial charge on any atom is -0.372 e.